The molecule has 4 heteroatoms. The van der Waals surface area contributed by atoms with E-state index in [9.17, 15) is 9.90 Å². The Bertz CT molecular complexity index is 698. The molecule has 1 saturated heterocycles. The zero-order chi connectivity index (χ0) is 15.0. The van der Waals surface area contributed by atoms with Gasteiger partial charge in [0, 0.05) is 23.3 Å². The standard InChI is InChI=1S/C17H20N2O2/c1-12-11-15(13-7-3-4-8-14(13)18-12)19-10-6-5-9-17(19,2)16(20)21/h3-4,7-8,11H,5-6,9-10H2,1-2H3,(H,20,21). The zero-order valence-electron chi connectivity index (χ0n) is 12.5. The highest BCUT2D eigenvalue weighted by Crippen LogP contribution is 2.37. The second kappa shape index (κ2) is 5.02. The summed E-state index contributed by atoms with van der Waals surface area (Å²) in [6.07, 6.45) is 2.66. The Morgan fingerprint density at radius 2 is 2.10 bits per heavy atom. The molecule has 0 bridgehead atoms. The molecular formula is C17H20N2O2. The maximum atomic E-state index is 11.8. The molecule has 1 aromatic heterocycles. The summed E-state index contributed by atoms with van der Waals surface area (Å²) in [5.74, 6) is -0.749. The van der Waals surface area contributed by atoms with Crippen LogP contribution in [0.4, 0.5) is 5.69 Å². The number of nitrogens with zero attached hydrogens (tertiary/aromatic N) is 2. The summed E-state index contributed by atoms with van der Waals surface area (Å²) in [7, 11) is 0. The van der Waals surface area contributed by atoms with E-state index in [0.29, 0.717) is 6.42 Å². The third-order valence-electron chi connectivity index (χ3n) is 4.46. The first-order valence-electron chi connectivity index (χ1n) is 7.40. The number of carbonyl (C=O) groups is 1. The van der Waals surface area contributed by atoms with Crippen LogP contribution < -0.4 is 4.90 Å². The number of carboxylic acid groups (broad SMARTS) is 1. The van der Waals surface area contributed by atoms with Crippen molar-refractivity contribution in [2.45, 2.75) is 38.6 Å². The largest absolute Gasteiger partial charge is 0.480 e. The van der Waals surface area contributed by atoms with Gasteiger partial charge >= 0.3 is 5.97 Å². The Balaban J connectivity index is 2.20. The molecule has 110 valence electrons. The van der Waals surface area contributed by atoms with Crippen molar-refractivity contribution in [2.75, 3.05) is 11.4 Å². The minimum atomic E-state index is -0.838. The summed E-state index contributed by atoms with van der Waals surface area (Å²) in [4.78, 5) is 18.4. The van der Waals surface area contributed by atoms with Gasteiger partial charge in [-0.1, -0.05) is 18.2 Å². The number of aliphatic carboxylic acids is 1. The summed E-state index contributed by atoms with van der Waals surface area (Å²) >= 11 is 0. The van der Waals surface area contributed by atoms with E-state index in [4.69, 9.17) is 0 Å². The van der Waals surface area contributed by atoms with Crippen molar-refractivity contribution >= 4 is 22.6 Å². The van der Waals surface area contributed by atoms with Gasteiger partial charge in [-0.2, -0.15) is 0 Å². The highest BCUT2D eigenvalue weighted by molar-refractivity contribution is 5.95. The van der Waals surface area contributed by atoms with Gasteiger partial charge in [-0.05, 0) is 45.2 Å². The lowest BCUT2D eigenvalue weighted by molar-refractivity contribution is -0.143. The van der Waals surface area contributed by atoms with Crippen LogP contribution in [0.1, 0.15) is 31.9 Å². The molecule has 0 amide bonds. The van der Waals surface area contributed by atoms with Gasteiger partial charge in [0.1, 0.15) is 5.54 Å². The molecule has 1 aliphatic heterocycles. The van der Waals surface area contributed by atoms with Gasteiger partial charge in [0.15, 0.2) is 0 Å². The number of hydrogen-bond acceptors (Lipinski definition) is 3. The van der Waals surface area contributed by atoms with Crippen molar-refractivity contribution in [3.63, 3.8) is 0 Å². The lowest BCUT2D eigenvalue weighted by Gasteiger charge is -2.43. The highest BCUT2D eigenvalue weighted by atomic mass is 16.4. The van der Waals surface area contributed by atoms with Gasteiger partial charge in [-0.3, -0.25) is 4.98 Å². The number of benzene rings is 1. The first-order chi connectivity index (χ1) is 10.0. The van der Waals surface area contributed by atoms with E-state index in [1.165, 1.54) is 0 Å². The number of aryl methyl sites for hydroxylation is 1. The number of piperidine rings is 1. The van der Waals surface area contributed by atoms with Crippen LogP contribution in [0.15, 0.2) is 30.3 Å². The normalized spacial score (nSPS) is 22.5. The van der Waals surface area contributed by atoms with Gasteiger partial charge < -0.3 is 10.0 Å². The molecule has 2 aromatic rings. The Morgan fingerprint density at radius 1 is 1.33 bits per heavy atom. The number of anilines is 1. The monoisotopic (exact) mass is 284 g/mol. The number of fused-ring (bicyclic) bond motifs is 1. The minimum absolute atomic E-state index is 0.679. The molecule has 0 saturated carbocycles. The van der Waals surface area contributed by atoms with Crippen LogP contribution in [0.2, 0.25) is 0 Å². The molecular weight excluding hydrogens is 264 g/mol. The van der Waals surface area contributed by atoms with Crippen molar-refractivity contribution in [1.29, 1.82) is 0 Å². The Morgan fingerprint density at radius 3 is 2.86 bits per heavy atom. The molecule has 3 rings (SSSR count). The lowest BCUT2D eigenvalue weighted by atomic mass is 9.87. The summed E-state index contributed by atoms with van der Waals surface area (Å²) in [5, 5.41) is 10.7. The molecule has 4 nitrogen and oxygen atoms in total. The lowest BCUT2D eigenvalue weighted by Crippen LogP contribution is -2.55. The van der Waals surface area contributed by atoms with Crippen LogP contribution in [-0.4, -0.2) is 28.1 Å². The molecule has 0 aliphatic carbocycles. The molecule has 1 aromatic carbocycles. The predicted octanol–water partition coefficient (Wildman–Crippen LogP) is 3.38. The topological polar surface area (TPSA) is 53.4 Å². The third-order valence-corrected chi connectivity index (χ3v) is 4.46. The SMILES string of the molecule is Cc1cc(N2CCCCC2(C)C(=O)O)c2ccccc2n1. The van der Waals surface area contributed by atoms with Crippen molar-refractivity contribution in [1.82, 2.24) is 4.98 Å². The van der Waals surface area contributed by atoms with Crippen LogP contribution in [0, 0.1) is 6.92 Å². The molecule has 2 heterocycles. The van der Waals surface area contributed by atoms with Crippen LogP contribution in [-0.2, 0) is 4.79 Å². The highest BCUT2D eigenvalue weighted by Gasteiger charge is 2.42. The van der Waals surface area contributed by atoms with E-state index >= 15 is 0 Å². The molecule has 1 N–H and O–H groups in total. The minimum Gasteiger partial charge on any atom is -0.480 e. The van der Waals surface area contributed by atoms with E-state index in [0.717, 1.165) is 41.7 Å². The zero-order valence-corrected chi connectivity index (χ0v) is 12.5. The van der Waals surface area contributed by atoms with Crippen LogP contribution in [0.25, 0.3) is 10.9 Å². The number of aromatic nitrogens is 1. The van der Waals surface area contributed by atoms with E-state index in [1.54, 1.807) is 0 Å². The molecule has 0 spiro atoms. The smallest absolute Gasteiger partial charge is 0.329 e. The fourth-order valence-electron chi connectivity index (χ4n) is 3.24. The Hall–Kier alpha value is -2.10. The van der Waals surface area contributed by atoms with E-state index in [2.05, 4.69) is 9.88 Å². The second-order valence-corrected chi connectivity index (χ2v) is 5.99. The molecule has 1 fully saturated rings. The van der Waals surface area contributed by atoms with Gasteiger partial charge in [-0.15, -0.1) is 0 Å². The van der Waals surface area contributed by atoms with Crippen molar-refractivity contribution < 1.29 is 9.90 Å². The predicted molar refractivity (Wildman–Crippen MR) is 83.7 cm³/mol. The van der Waals surface area contributed by atoms with Gasteiger partial charge in [0.25, 0.3) is 0 Å². The average molecular weight is 284 g/mol. The quantitative estimate of drug-likeness (QED) is 0.918. The number of hydrogen-bond donors (Lipinski definition) is 1. The fourth-order valence-corrected chi connectivity index (χ4v) is 3.24. The molecule has 0 radical (unpaired) electrons. The molecule has 21 heavy (non-hydrogen) atoms. The fraction of sp³-hybridized carbons (Fsp3) is 0.412. The van der Waals surface area contributed by atoms with Crippen LogP contribution in [0.5, 0.6) is 0 Å². The molecule has 1 atom stereocenters. The van der Waals surface area contributed by atoms with Crippen molar-refractivity contribution in [3.05, 3.63) is 36.0 Å². The summed E-state index contributed by atoms with van der Waals surface area (Å²) < 4.78 is 0. The van der Waals surface area contributed by atoms with Gasteiger partial charge in [0.2, 0.25) is 0 Å². The summed E-state index contributed by atoms with van der Waals surface area (Å²) in [6, 6.07) is 9.95. The van der Waals surface area contributed by atoms with E-state index < -0.39 is 11.5 Å². The first-order valence-corrected chi connectivity index (χ1v) is 7.40. The van der Waals surface area contributed by atoms with E-state index in [1.807, 2.05) is 44.2 Å². The summed E-state index contributed by atoms with van der Waals surface area (Å²) in [5.41, 5.74) is 1.99. The maximum Gasteiger partial charge on any atom is 0.329 e. The first kappa shape index (κ1) is 13.9. The number of pyridine rings is 1. The molecule has 1 unspecified atom stereocenters. The van der Waals surface area contributed by atoms with E-state index in [-0.39, 0.29) is 0 Å². The number of rotatable bonds is 2. The molecule has 1 aliphatic rings. The van der Waals surface area contributed by atoms with Crippen molar-refractivity contribution in [3.8, 4) is 0 Å². The third kappa shape index (κ3) is 2.24. The Labute approximate surface area is 124 Å². The van der Waals surface area contributed by atoms with Crippen molar-refractivity contribution in [2.24, 2.45) is 0 Å². The number of para-hydroxylation sites is 1. The average Bonchev–Trinajstić information content (AvgIpc) is 2.46. The summed E-state index contributed by atoms with van der Waals surface area (Å²) in [6.45, 7) is 4.56. The second-order valence-electron chi connectivity index (χ2n) is 5.99. The van der Waals surface area contributed by atoms with Crippen LogP contribution in [0.3, 0.4) is 0 Å². The Kier molecular flexibility index (Phi) is 3.32. The number of carboxylic acids is 1. The van der Waals surface area contributed by atoms with Crippen LogP contribution >= 0.6 is 0 Å². The van der Waals surface area contributed by atoms with Gasteiger partial charge in [0.05, 0.1) is 5.52 Å². The van der Waals surface area contributed by atoms with Gasteiger partial charge in [-0.25, -0.2) is 4.79 Å². The maximum absolute atomic E-state index is 11.8.